The molecule has 0 aliphatic carbocycles. The van der Waals surface area contributed by atoms with Gasteiger partial charge >= 0.3 is 0 Å². The van der Waals surface area contributed by atoms with Gasteiger partial charge in [-0.05, 0) is 6.92 Å². The monoisotopic (exact) mass is 210 g/mol. The summed E-state index contributed by atoms with van der Waals surface area (Å²) >= 11 is 0. The summed E-state index contributed by atoms with van der Waals surface area (Å²) in [5.41, 5.74) is 0. The molecule has 1 rings (SSSR count). The van der Waals surface area contributed by atoms with Crippen molar-refractivity contribution in [2.75, 3.05) is 13.1 Å². The van der Waals surface area contributed by atoms with Crippen molar-refractivity contribution in [3.63, 3.8) is 0 Å². The van der Waals surface area contributed by atoms with Crippen LogP contribution < -0.4 is 10.6 Å². The van der Waals surface area contributed by atoms with Crippen molar-refractivity contribution >= 4 is 5.91 Å². The number of rotatable bonds is 5. The lowest BCUT2D eigenvalue weighted by atomic mass is 10.3. The Morgan fingerprint density at radius 2 is 2.33 bits per heavy atom. The lowest BCUT2D eigenvalue weighted by molar-refractivity contribution is -0.118. The highest BCUT2D eigenvalue weighted by molar-refractivity contribution is 5.72. The number of nitrogens with zero attached hydrogens (tertiary/aromatic N) is 2. The van der Waals surface area contributed by atoms with E-state index in [1.54, 1.807) is 6.20 Å². The highest BCUT2D eigenvalue weighted by Gasteiger charge is 2.08. The molecule has 0 bridgehead atoms. The van der Waals surface area contributed by atoms with Crippen molar-refractivity contribution < 1.29 is 4.79 Å². The van der Waals surface area contributed by atoms with Gasteiger partial charge in [0.25, 0.3) is 0 Å². The van der Waals surface area contributed by atoms with Crippen LogP contribution in [0.4, 0.5) is 0 Å². The Hall–Kier alpha value is -1.36. The molecule has 0 aliphatic rings. The molecule has 1 atom stereocenters. The normalized spacial score (nSPS) is 12.5. The fraction of sp³-hybridized carbons (Fsp3) is 0.600. The maximum Gasteiger partial charge on any atom is 0.216 e. The molecule has 0 spiro atoms. The van der Waals surface area contributed by atoms with Gasteiger partial charge in [0.2, 0.25) is 5.91 Å². The van der Waals surface area contributed by atoms with Crippen LogP contribution in [0.15, 0.2) is 12.4 Å². The Bertz CT molecular complexity index is 321. The minimum Gasteiger partial charge on any atom is -0.355 e. The topological polar surface area (TPSA) is 59.0 Å². The predicted octanol–water partition coefficient (Wildman–Crippen LogP) is 0.207. The third-order valence-electron chi connectivity index (χ3n) is 2.20. The highest BCUT2D eigenvalue weighted by Crippen LogP contribution is 2.06. The summed E-state index contributed by atoms with van der Waals surface area (Å²) in [5.74, 6) is 0.999. The fourth-order valence-corrected chi connectivity index (χ4v) is 1.41. The number of carbonyl (C=O) groups is 1. The molecule has 1 unspecified atom stereocenters. The molecule has 1 heterocycles. The van der Waals surface area contributed by atoms with Crippen molar-refractivity contribution in [3.05, 3.63) is 18.2 Å². The molecule has 5 nitrogen and oxygen atoms in total. The lowest BCUT2D eigenvalue weighted by Crippen LogP contribution is -2.32. The van der Waals surface area contributed by atoms with Crippen molar-refractivity contribution in [3.8, 4) is 0 Å². The Morgan fingerprint density at radius 1 is 1.60 bits per heavy atom. The van der Waals surface area contributed by atoms with E-state index >= 15 is 0 Å². The molecule has 0 aromatic carbocycles. The quantitative estimate of drug-likeness (QED) is 0.683. The highest BCUT2D eigenvalue weighted by atomic mass is 16.1. The Kier molecular flexibility index (Phi) is 4.30. The molecule has 1 aromatic rings. The van der Waals surface area contributed by atoms with Crippen LogP contribution in [0.25, 0.3) is 0 Å². The second-order valence-corrected chi connectivity index (χ2v) is 3.56. The minimum absolute atomic E-state index is 0.00134. The molecule has 5 heteroatoms. The van der Waals surface area contributed by atoms with Crippen molar-refractivity contribution in [1.82, 2.24) is 20.2 Å². The van der Waals surface area contributed by atoms with Crippen LogP contribution in [0.2, 0.25) is 0 Å². The molecule has 1 aromatic heterocycles. The number of hydrogen-bond donors (Lipinski definition) is 2. The van der Waals surface area contributed by atoms with Crippen LogP contribution >= 0.6 is 0 Å². The Morgan fingerprint density at radius 3 is 2.87 bits per heavy atom. The van der Waals surface area contributed by atoms with Crippen LogP contribution in [0, 0.1) is 0 Å². The van der Waals surface area contributed by atoms with E-state index in [0.717, 1.165) is 12.4 Å². The van der Waals surface area contributed by atoms with Crippen molar-refractivity contribution in [2.24, 2.45) is 7.05 Å². The number of nitrogens with one attached hydrogen (secondary N) is 2. The van der Waals surface area contributed by atoms with Gasteiger partial charge in [-0.2, -0.15) is 0 Å². The Labute approximate surface area is 89.9 Å². The lowest BCUT2D eigenvalue weighted by Gasteiger charge is -2.13. The van der Waals surface area contributed by atoms with Crippen LogP contribution in [0.3, 0.4) is 0 Å². The molecule has 0 radical (unpaired) electrons. The first kappa shape index (κ1) is 11.7. The van der Waals surface area contributed by atoms with Gasteiger partial charge in [0.1, 0.15) is 5.82 Å². The number of imidazole rings is 1. The molecular formula is C10H18N4O. The van der Waals surface area contributed by atoms with Crippen LogP contribution in [0.5, 0.6) is 0 Å². The van der Waals surface area contributed by atoms with E-state index in [9.17, 15) is 4.79 Å². The summed E-state index contributed by atoms with van der Waals surface area (Å²) in [7, 11) is 1.97. The van der Waals surface area contributed by atoms with Gasteiger partial charge in [-0.25, -0.2) is 4.98 Å². The molecule has 15 heavy (non-hydrogen) atoms. The van der Waals surface area contributed by atoms with E-state index < -0.39 is 0 Å². The summed E-state index contributed by atoms with van der Waals surface area (Å²) in [6.07, 6.45) is 3.70. The molecule has 84 valence electrons. The molecule has 0 saturated carbocycles. The van der Waals surface area contributed by atoms with Gasteiger partial charge in [-0.3, -0.25) is 4.79 Å². The number of carbonyl (C=O) groups excluding carboxylic acids is 1. The minimum atomic E-state index is 0.00134. The molecule has 0 fully saturated rings. The summed E-state index contributed by atoms with van der Waals surface area (Å²) in [4.78, 5) is 14.9. The van der Waals surface area contributed by atoms with Crippen molar-refractivity contribution in [2.45, 2.75) is 19.9 Å². The first-order valence-corrected chi connectivity index (χ1v) is 5.06. The van der Waals surface area contributed by atoms with Gasteiger partial charge in [0.05, 0.1) is 6.04 Å². The average molecular weight is 210 g/mol. The summed E-state index contributed by atoms with van der Waals surface area (Å²) in [6, 6.07) is 0.193. The zero-order chi connectivity index (χ0) is 11.3. The average Bonchev–Trinajstić information content (AvgIpc) is 2.58. The second-order valence-electron chi connectivity index (χ2n) is 3.56. The fourth-order valence-electron chi connectivity index (χ4n) is 1.41. The first-order valence-electron chi connectivity index (χ1n) is 5.06. The summed E-state index contributed by atoms with van der Waals surface area (Å²) < 4.78 is 1.98. The van der Waals surface area contributed by atoms with E-state index in [1.807, 2.05) is 17.8 Å². The van der Waals surface area contributed by atoms with E-state index in [1.165, 1.54) is 6.92 Å². The summed E-state index contributed by atoms with van der Waals surface area (Å²) in [6.45, 7) is 4.95. The van der Waals surface area contributed by atoms with E-state index in [2.05, 4.69) is 22.5 Å². The SMILES string of the molecule is CC(=O)NCCNC(C)c1nccn1C. The number of aromatic nitrogens is 2. The van der Waals surface area contributed by atoms with Crippen LogP contribution in [-0.2, 0) is 11.8 Å². The zero-order valence-electron chi connectivity index (χ0n) is 9.45. The van der Waals surface area contributed by atoms with Crippen LogP contribution in [-0.4, -0.2) is 28.5 Å². The third kappa shape index (κ3) is 3.71. The Balaban J connectivity index is 2.28. The number of aryl methyl sites for hydroxylation is 1. The van der Waals surface area contributed by atoms with E-state index in [4.69, 9.17) is 0 Å². The summed E-state index contributed by atoms with van der Waals surface area (Å²) in [5, 5.41) is 6.02. The van der Waals surface area contributed by atoms with Crippen molar-refractivity contribution in [1.29, 1.82) is 0 Å². The number of hydrogen-bond acceptors (Lipinski definition) is 3. The second kappa shape index (κ2) is 5.50. The van der Waals surface area contributed by atoms with Crippen LogP contribution in [0.1, 0.15) is 25.7 Å². The third-order valence-corrected chi connectivity index (χ3v) is 2.20. The predicted molar refractivity (Wildman–Crippen MR) is 58.3 cm³/mol. The van der Waals surface area contributed by atoms with Gasteiger partial charge in [-0.15, -0.1) is 0 Å². The van der Waals surface area contributed by atoms with E-state index in [0.29, 0.717) is 6.54 Å². The molecule has 2 N–H and O–H groups in total. The largest absolute Gasteiger partial charge is 0.355 e. The van der Waals surface area contributed by atoms with Gasteiger partial charge in [0, 0.05) is 39.5 Å². The molecular weight excluding hydrogens is 192 g/mol. The zero-order valence-corrected chi connectivity index (χ0v) is 9.45. The van der Waals surface area contributed by atoms with Gasteiger partial charge in [0.15, 0.2) is 0 Å². The maximum absolute atomic E-state index is 10.6. The smallest absolute Gasteiger partial charge is 0.216 e. The van der Waals surface area contributed by atoms with Gasteiger partial charge in [-0.1, -0.05) is 0 Å². The van der Waals surface area contributed by atoms with E-state index in [-0.39, 0.29) is 11.9 Å². The standard InChI is InChI=1S/C10H18N4O/c1-8(10-13-6-7-14(10)3)11-4-5-12-9(2)15/h6-8,11H,4-5H2,1-3H3,(H,12,15). The molecule has 0 aliphatic heterocycles. The number of amides is 1. The maximum atomic E-state index is 10.6. The first-order chi connectivity index (χ1) is 7.11. The van der Waals surface area contributed by atoms with Gasteiger partial charge < -0.3 is 15.2 Å². The molecule has 0 saturated heterocycles. The molecule has 1 amide bonds.